The van der Waals surface area contributed by atoms with Crippen LogP contribution < -0.4 is 4.74 Å². The fraction of sp³-hybridized carbons (Fsp3) is 0.650. The molecule has 0 saturated carbocycles. The number of ether oxygens (including phenoxy) is 1. The fourth-order valence-electron chi connectivity index (χ4n) is 3.14. The van der Waals surface area contributed by atoms with Crippen molar-refractivity contribution in [1.82, 2.24) is 0 Å². The number of carboxylic acids is 1. The average Bonchev–Trinajstić information content (AvgIpc) is 2.35. The number of carbonyl (C=O) groups is 1. The monoisotopic (exact) mass is 320 g/mol. The summed E-state index contributed by atoms with van der Waals surface area (Å²) in [6, 6.07) is 9.22. The first-order valence-corrected chi connectivity index (χ1v) is 8.41. The van der Waals surface area contributed by atoms with Crippen molar-refractivity contribution < 1.29 is 14.6 Å². The number of para-hydroxylation sites is 1. The lowest BCUT2D eigenvalue weighted by atomic mass is 9.75. The normalized spacial score (nSPS) is 13.9. The number of aliphatic carboxylic acids is 1. The van der Waals surface area contributed by atoms with E-state index in [4.69, 9.17) is 4.74 Å². The molecule has 1 atom stereocenters. The molecule has 3 nitrogen and oxygen atoms in total. The third-order valence-corrected chi connectivity index (χ3v) is 3.65. The summed E-state index contributed by atoms with van der Waals surface area (Å²) in [4.78, 5) is 11.6. The summed E-state index contributed by atoms with van der Waals surface area (Å²) in [5.41, 5.74) is 0.345. The van der Waals surface area contributed by atoms with Gasteiger partial charge in [-0.3, -0.25) is 0 Å². The van der Waals surface area contributed by atoms with Crippen LogP contribution in [0.4, 0.5) is 0 Å². The summed E-state index contributed by atoms with van der Waals surface area (Å²) >= 11 is 0. The molecule has 23 heavy (non-hydrogen) atoms. The molecule has 1 aromatic rings. The van der Waals surface area contributed by atoms with Gasteiger partial charge in [0.15, 0.2) is 6.10 Å². The summed E-state index contributed by atoms with van der Waals surface area (Å²) in [6.07, 6.45) is 1.73. The van der Waals surface area contributed by atoms with Gasteiger partial charge in [-0.2, -0.15) is 0 Å². The molecule has 0 radical (unpaired) electrons. The van der Waals surface area contributed by atoms with Crippen LogP contribution in [0.1, 0.15) is 60.8 Å². The topological polar surface area (TPSA) is 46.5 Å². The van der Waals surface area contributed by atoms with Gasteiger partial charge in [-0.15, -0.1) is 0 Å². The van der Waals surface area contributed by atoms with Crippen molar-refractivity contribution in [3.8, 4) is 5.75 Å². The van der Waals surface area contributed by atoms with Crippen LogP contribution in [0.25, 0.3) is 0 Å². The third-order valence-electron chi connectivity index (χ3n) is 3.65. The van der Waals surface area contributed by atoms with Crippen LogP contribution in [-0.4, -0.2) is 17.2 Å². The maximum atomic E-state index is 11.6. The molecule has 0 amide bonds. The van der Waals surface area contributed by atoms with Gasteiger partial charge in [-0.1, -0.05) is 59.7 Å². The Morgan fingerprint density at radius 2 is 1.48 bits per heavy atom. The lowest BCUT2D eigenvalue weighted by Crippen LogP contribution is -2.32. The summed E-state index contributed by atoms with van der Waals surface area (Å²) in [6.45, 7) is 13.2. The van der Waals surface area contributed by atoms with E-state index in [0.29, 0.717) is 18.1 Å². The van der Waals surface area contributed by atoms with Crippen LogP contribution in [0, 0.1) is 16.7 Å². The van der Waals surface area contributed by atoms with Gasteiger partial charge in [-0.05, 0) is 48.1 Å². The van der Waals surface area contributed by atoms with Crippen molar-refractivity contribution in [2.45, 2.75) is 66.9 Å². The quantitative estimate of drug-likeness (QED) is 0.732. The van der Waals surface area contributed by atoms with E-state index >= 15 is 0 Å². The first kappa shape index (κ1) is 19.5. The van der Waals surface area contributed by atoms with Crippen LogP contribution in [0.2, 0.25) is 0 Å². The van der Waals surface area contributed by atoms with Crippen molar-refractivity contribution in [2.75, 3.05) is 0 Å². The standard InChI is InChI=1S/C20H32O3/c1-19(2,3)13-15(14-20(4,5)6)12-17(18(21)22)23-16-10-8-7-9-11-16/h7-11,15,17H,12-14H2,1-6H3,(H,21,22). The van der Waals surface area contributed by atoms with E-state index in [9.17, 15) is 9.90 Å². The van der Waals surface area contributed by atoms with E-state index in [-0.39, 0.29) is 10.8 Å². The molecular weight excluding hydrogens is 288 g/mol. The van der Waals surface area contributed by atoms with Crippen molar-refractivity contribution >= 4 is 5.97 Å². The highest BCUT2D eigenvalue weighted by atomic mass is 16.5. The Bertz CT molecular complexity index is 464. The molecule has 3 heteroatoms. The molecule has 0 bridgehead atoms. The zero-order chi connectivity index (χ0) is 17.7. The van der Waals surface area contributed by atoms with Gasteiger partial charge in [0.05, 0.1) is 0 Å². The number of rotatable bonds is 7. The molecule has 1 rings (SSSR count). The minimum atomic E-state index is -0.887. The zero-order valence-electron chi connectivity index (χ0n) is 15.4. The average molecular weight is 320 g/mol. The molecule has 1 aromatic carbocycles. The predicted molar refractivity (Wildman–Crippen MR) is 94.7 cm³/mol. The molecule has 0 aliphatic carbocycles. The second-order valence-electron chi connectivity index (χ2n) is 8.89. The van der Waals surface area contributed by atoms with Crippen molar-refractivity contribution in [3.63, 3.8) is 0 Å². The van der Waals surface area contributed by atoms with E-state index in [1.54, 1.807) is 12.1 Å². The molecule has 0 aliphatic rings. The van der Waals surface area contributed by atoms with Gasteiger partial charge < -0.3 is 9.84 Å². The molecule has 1 N–H and O–H groups in total. The first-order valence-electron chi connectivity index (χ1n) is 8.41. The van der Waals surface area contributed by atoms with E-state index in [2.05, 4.69) is 41.5 Å². The summed E-state index contributed by atoms with van der Waals surface area (Å²) in [5, 5.41) is 9.56. The maximum absolute atomic E-state index is 11.6. The minimum Gasteiger partial charge on any atom is -0.479 e. The Morgan fingerprint density at radius 1 is 1.00 bits per heavy atom. The van der Waals surface area contributed by atoms with Crippen LogP contribution in [0.3, 0.4) is 0 Å². The summed E-state index contributed by atoms with van der Waals surface area (Å²) < 4.78 is 5.74. The Labute approximate surface area is 141 Å². The Hall–Kier alpha value is -1.51. The van der Waals surface area contributed by atoms with Gasteiger partial charge in [0, 0.05) is 0 Å². The highest BCUT2D eigenvalue weighted by molar-refractivity contribution is 5.72. The molecular formula is C20H32O3. The second kappa shape index (κ2) is 7.85. The highest BCUT2D eigenvalue weighted by Gasteiger charge is 2.30. The largest absolute Gasteiger partial charge is 0.479 e. The molecule has 0 saturated heterocycles. The van der Waals surface area contributed by atoms with Crippen LogP contribution in [-0.2, 0) is 4.79 Å². The van der Waals surface area contributed by atoms with Gasteiger partial charge in [0.2, 0.25) is 0 Å². The van der Waals surface area contributed by atoms with Crippen LogP contribution in [0.15, 0.2) is 30.3 Å². The smallest absolute Gasteiger partial charge is 0.344 e. The number of hydrogen-bond acceptors (Lipinski definition) is 2. The zero-order valence-corrected chi connectivity index (χ0v) is 15.4. The Kier molecular flexibility index (Phi) is 6.67. The highest BCUT2D eigenvalue weighted by Crippen LogP contribution is 2.36. The lowest BCUT2D eigenvalue weighted by Gasteiger charge is -2.32. The molecule has 0 aliphatic heterocycles. The number of benzene rings is 1. The maximum Gasteiger partial charge on any atom is 0.344 e. The SMILES string of the molecule is CC(C)(C)CC(CC(Oc1ccccc1)C(=O)O)CC(C)(C)C. The van der Waals surface area contributed by atoms with Gasteiger partial charge >= 0.3 is 5.97 Å². The van der Waals surface area contributed by atoms with Crippen LogP contribution in [0.5, 0.6) is 5.75 Å². The number of hydrogen-bond donors (Lipinski definition) is 1. The van der Waals surface area contributed by atoms with Crippen LogP contribution >= 0.6 is 0 Å². The minimum absolute atomic E-state index is 0.172. The second-order valence-corrected chi connectivity index (χ2v) is 8.89. The molecule has 0 aromatic heterocycles. The number of carboxylic acid groups (broad SMARTS) is 1. The summed E-state index contributed by atoms with van der Waals surface area (Å²) in [7, 11) is 0. The van der Waals surface area contributed by atoms with Gasteiger partial charge in [-0.25, -0.2) is 4.79 Å². The van der Waals surface area contributed by atoms with E-state index in [1.165, 1.54) is 0 Å². The Morgan fingerprint density at radius 3 is 1.87 bits per heavy atom. The van der Waals surface area contributed by atoms with Crippen molar-refractivity contribution in [3.05, 3.63) is 30.3 Å². The van der Waals surface area contributed by atoms with Crippen molar-refractivity contribution in [2.24, 2.45) is 16.7 Å². The van der Waals surface area contributed by atoms with E-state index in [0.717, 1.165) is 12.8 Å². The first-order chi connectivity index (χ1) is 10.5. The predicted octanol–water partition coefficient (Wildman–Crippen LogP) is 5.40. The molecule has 1 unspecified atom stereocenters. The molecule has 0 fully saturated rings. The Balaban J connectivity index is 2.84. The summed E-state index contributed by atoms with van der Waals surface area (Å²) in [5.74, 6) is 0.0478. The van der Waals surface area contributed by atoms with E-state index < -0.39 is 12.1 Å². The molecule has 0 spiro atoms. The van der Waals surface area contributed by atoms with E-state index in [1.807, 2.05) is 18.2 Å². The molecule has 0 heterocycles. The lowest BCUT2D eigenvalue weighted by molar-refractivity contribution is -0.146. The fourth-order valence-corrected chi connectivity index (χ4v) is 3.14. The van der Waals surface area contributed by atoms with Gasteiger partial charge in [0.25, 0.3) is 0 Å². The van der Waals surface area contributed by atoms with Gasteiger partial charge in [0.1, 0.15) is 5.75 Å². The third kappa shape index (κ3) is 8.63. The van der Waals surface area contributed by atoms with Crippen molar-refractivity contribution in [1.29, 1.82) is 0 Å². The molecule has 130 valence electrons.